The molecule has 1 heterocycles. The quantitative estimate of drug-likeness (QED) is 0.718. The summed E-state index contributed by atoms with van der Waals surface area (Å²) in [5, 5.41) is 15.7. The van der Waals surface area contributed by atoms with Crippen molar-refractivity contribution in [3.8, 4) is 0 Å². The molecular weight excluding hydrogens is 177 g/mol. The van der Waals surface area contributed by atoms with Crippen molar-refractivity contribution in [1.82, 2.24) is 15.0 Å². The van der Waals surface area contributed by atoms with E-state index in [9.17, 15) is 9.18 Å². The predicted molar refractivity (Wildman–Crippen MR) is 42.0 cm³/mol. The molecule has 0 aliphatic rings. The molecule has 0 aliphatic carbocycles. The van der Waals surface area contributed by atoms with Gasteiger partial charge in [0.2, 0.25) is 0 Å². The van der Waals surface area contributed by atoms with Gasteiger partial charge >= 0.3 is 5.97 Å². The van der Waals surface area contributed by atoms with E-state index in [2.05, 4.69) is 10.3 Å². The highest BCUT2D eigenvalue weighted by atomic mass is 19.1. The van der Waals surface area contributed by atoms with Crippen molar-refractivity contribution in [2.24, 2.45) is 0 Å². The van der Waals surface area contributed by atoms with Gasteiger partial charge in [0.15, 0.2) is 0 Å². The SMILES string of the molecule is O=C(O)Cc1cnnn1CCCF. The zero-order valence-corrected chi connectivity index (χ0v) is 6.98. The second-order valence-corrected chi connectivity index (χ2v) is 2.56. The van der Waals surface area contributed by atoms with Gasteiger partial charge in [0.25, 0.3) is 0 Å². The number of aromatic nitrogens is 3. The van der Waals surface area contributed by atoms with Crippen LogP contribution in [-0.2, 0) is 17.8 Å². The monoisotopic (exact) mass is 187 g/mol. The molecule has 1 rings (SSSR count). The van der Waals surface area contributed by atoms with Crippen molar-refractivity contribution >= 4 is 5.97 Å². The maximum atomic E-state index is 11.8. The van der Waals surface area contributed by atoms with E-state index in [1.165, 1.54) is 10.9 Å². The third-order valence-electron chi connectivity index (χ3n) is 1.53. The van der Waals surface area contributed by atoms with Gasteiger partial charge in [-0.2, -0.15) is 0 Å². The van der Waals surface area contributed by atoms with Gasteiger partial charge in [0, 0.05) is 6.54 Å². The first-order valence-electron chi connectivity index (χ1n) is 3.89. The topological polar surface area (TPSA) is 68.0 Å². The van der Waals surface area contributed by atoms with Crippen molar-refractivity contribution in [3.63, 3.8) is 0 Å². The van der Waals surface area contributed by atoms with Crippen molar-refractivity contribution in [1.29, 1.82) is 0 Å². The zero-order chi connectivity index (χ0) is 9.68. The molecule has 0 aromatic carbocycles. The second kappa shape index (κ2) is 4.54. The summed E-state index contributed by atoms with van der Waals surface area (Å²) in [5.74, 6) is -0.941. The summed E-state index contributed by atoms with van der Waals surface area (Å²) >= 11 is 0. The van der Waals surface area contributed by atoms with Crippen LogP contribution in [-0.4, -0.2) is 32.7 Å². The molecular formula is C7H10FN3O2. The lowest BCUT2D eigenvalue weighted by Gasteiger charge is -2.01. The Balaban J connectivity index is 2.60. The molecule has 0 saturated heterocycles. The Bertz CT molecular complexity index is 287. The molecule has 0 spiro atoms. The smallest absolute Gasteiger partial charge is 0.309 e. The van der Waals surface area contributed by atoms with E-state index >= 15 is 0 Å². The highest BCUT2D eigenvalue weighted by Crippen LogP contribution is 1.99. The van der Waals surface area contributed by atoms with E-state index in [-0.39, 0.29) is 6.42 Å². The van der Waals surface area contributed by atoms with Crippen molar-refractivity contribution < 1.29 is 14.3 Å². The minimum absolute atomic E-state index is 0.126. The molecule has 0 bridgehead atoms. The fourth-order valence-electron chi connectivity index (χ4n) is 0.969. The average Bonchev–Trinajstić information content (AvgIpc) is 2.48. The molecule has 0 saturated carbocycles. The summed E-state index contributed by atoms with van der Waals surface area (Å²) in [4.78, 5) is 10.3. The van der Waals surface area contributed by atoms with Crippen LogP contribution >= 0.6 is 0 Å². The number of carbonyl (C=O) groups is 1. The van der Waals surface area contributed by atoms with Crippen LogP contribution in [0.3, 0.4) is 0 Å². The van der Waals surface area contributed by atoms with Gasteiger partial charge in [-0.25, -0.2) is 4.68 Å². The Morgan fingerprint density at radius 3 is 3.08 bits per heavy atom. The van der Waals surface area contributed by atoms with E-state index in [1.54, 1.807) is 0 Å². The summed E-state index contributed by atoms with van der Waals surface area (Å²) in [5.41, 5.74) is 0.501. The maximum absolute atomic E-state index is 11.8. The summed E-state index contributed by atoms with van der Waals surface area (Å²) < 4.78 is 13.2. The van der Waals surface area contributed by atoms with Crippen LogP contribution in [0.1, 0.15) is 12.1 Å². The minimum atomic E-state index is -0.941. The van der Waals surface area contributed by atoms with E-state index in [1.807, 2.05) is 0 Å². The first-order chi connectivity index (χ1) is 6.24. The van der Waals surface area contributed by atoms with Gasteiger partial charge in [-0.15, -0.1) is 5.10 Å². The molecule has 1 N–H and O–H groups in total. The van der Waals surface area contributed by atoms with Crippen LogP contribution in [0.2, 0.25) is 0 Å². The van der Waals surface area contributed by atoms with Gasteiger partial charge in [0.05, 0.1) is 25.0 Å². The first kappa shape index (κ1) is 9.63. The Hall–Kier alpha value is -1.46. The fraction of sp³-hybridized carbons (Fsp3) is 0.571. The number of nitrogens with zero attached hydrogens (tertiary/aromatic N) is 3. The Morgan fingerprint density at radius 2 is 2.46 bits per heavy atom. The molecule has 72 valence electrons. The molecule has 0 amide bonds. The molecule has 0 atom stereocenters. The van der Waals surface area contributed by atoms with Crippen molar-refractivity contribution in [2.45, 2.75) is 19.4 Å². The van der Waals surface area contributed by atoms with E-state index in [0.717, 1.165) is 0 Å². The van der Waals surface area contributed by atoms with Crippen molar-refractivity contribution in [3.05, 3.63) is 11.9 Å². The highest BCUT2D eigenvalue weighted by Gasteiger charge is 2.07. The number of rotatable bonds is 5. The molecule has 5 nitrogen and oxygen atoms in total. The number of aryl methyl sites for hydroxylation is 1. The van der Waals surface area contributed by atoms with Gasteiger partial charge in [-0.05, 0) is 6.42 Å². The molecule has 0 fully saturated rings. The number of carboxylic acid groups (broad SMARTS) is 1. The number of hydrogen-bond acceptors (Lipinski definition) is 3. The third-order valence-corrected chi connectivity index (χ3v) is 1.53. The molecule has 1 aromatic rings. The summed E-state index contributed by atoms with van der Waals surface area (Å²) in [6.45, 7) is -0.0640. The first-order valence-corrected chi connectivity index (χ1v) is 3.89. The van der Waals surface area contributed by atoms with Crippen LogP contribution in [0, 0.1) is 0 Å². The zero-order valence-electron chi connectivity index (χ0n) is 6.98. The normalized spacial score (nSPS) is 10.2. The molecule has 1 aromatic heterocycles. The third kappa shape index (κ3) is 2.81. The maximum Gasteiger partial charge on any atom is 0.309 e. The molecule has 0 unspecified atom stereocenters. The Labute approximate surface area is 74.2 Å². The Morgan fingerprint density at radius 1 is 1.69 bits per heavy atom. The summed E-state index contributed by atoms with van der Waals surface area (Å²) in [6, 6.07) is 0. The average molecular weight is 187 g/mol. The van der Waals surface area contributed by atoms with E-state index in [0.29, 0.717) is 18.7 Å². The lowest BCUT2D eigenvalue weighted by molar-refractivity contribution is -0.136. The number of halogens is 1. The van der Waals surface area contributed by atoms with Gasteiger partial charge in [-0.3, -0.25) is 9.18 Å². The molecule has 0 aliphatic heterocycles. The largest absolute Gasteiger partial charge is 0.481 e. The fourth-order valence-corrected chi connectivity index (χ4v) is 0.969. The van der Waals surface area contributed by atoms with Gasteiger partial charge in [-0.1, -0.05) is 5.21 Å². The second-order valence-electron chi connectivity index (χ2n) is 2.56. The van der Waals surface area contributed by atoms with Crippen molar-refractivity contribution in [2.75, 3.05) is 6.67 Å². The molecule has 13 heavy (non-hydrogen) atoms. The summed E-state index contributed by atoms with van der Waals surface area (Å²) in [6.07, 6.45) is 1.58. The van der Waals surface area contributed by atoms with E-state index in [4.69, 9.17) is 5.11 Å². The standard InChI is InChI=1S/C7H10FN3O2/c8-2-1-3-11-6(4-7(12)13)5-9-10-11/h5H,1-4H2,(H,12,13). The van der Waals surface area contributed by atoms with Crippen LogP contribution in [0.5, 0.6) is 0 Å². The van der Waals surface area contributed by atoms with Gasteiger partial charge in [0.1, 0.15) is 0 Å². The minimum Gasteiger partial charge on any atom is -0.481 e. The van der Waals surface area contributed by atoms with Crippen LogP contribution in [0.4, 0.5) is 4.39 Å². The lowest BCUT2D eigenvalue weighted by Crippen LogP contribution is -2.10. The summed E-state index contributed by atoms with van der Waals surface area (Å²) in [7, 11) is 0. The van der Waals surface area contributed by atoms with Crippen LogP contribution in [0.15, 0.2) is 6.20 Å². The molecule has 6 heteroatoms. The van der Waals surface area contributed by atoms with Crippen LogP contribution in [0.25, 0.3) is 0 Å². The van der Waals surface area contributed by atoms with E-state index < -0.39 is 12.6 Å². The number of aliphatic carboxylic acids is 1. The lowest BCUT2D eigenvalue weighted by atomic mass is 10.3. The Kier molecular flexibility index (Phi) is 3.36. The van der Waals surface area contributed by atoms with Gasteiger partial charge < -0.3 is 5.11 Å². The highest BCUT2D eigenvalue weighted by molar-refractivity contribution is 5.69. The number of carboxylic acids is 1. The number of hydrogen-bond donors (Lipinski definition) is 1. The molecule has 0 radical (unpaired) electrons. The number of alkyl halides is 1. The predicted octanol–water partition coefficient (Wildman–Crippen LogP) is 0.265. The van der Waals surface area contributed by atoms with Crippen LogP contribution < -0.4 is 0 Å².